The fourth-order valence-corrected chi connectivity index (χ4v) is 4.67. The standard InChI is InChI=1S/C27H32N2O8/c1-4-14(2)26(34)36-22-9-18-20(10-21-24(25(18)33)19(32)8-17(13-31)35-21)37-27(22,3)16(12-30)7-15-5-6-23(28)29-11-15/h4-6,8,10-11,16,22-23,29-31,33H,7,9,12-13,28H2,1-3H3/b14-4-/t16-,22+,23?,27-/m0/s1. The lowest BCUT2D eigenvalue weighted by Gasteiger charge is -2.46. The summed E-state index contributed by atoms with van der Waals surface area (Å²) in [6.45, 7) is 4.31. The summed E-state index contributed by atoms with van der Waals surface area (Å²) in [4.78, 5) is 25.4. The summed E-state index contributed by atoms with van der Waals surface area (Å²) in [5.41, 5.74) is 5.68. The van der Waals surface area contributed by atoms with E-state index in [0.717, 1.165) is 11.6 Å². The van der Waals surface area contributed by atoms with Crippen LogP contribution in [0.4, 0.5) is 0 Å². The molecule has 0 amide bonds. The molecule has 198 valence electrons. The molecular formula is C27H32N2O8. The number of nitrogens with two attached hydrogens (primary N) is 1. The maximum absolute atomic E-state index is 12.8. The first kappa shape index (κ1) is 26.5. The van der Waals surface area contributed by atoms with Gasteiger partial charge in [0.15, 0.2) is 5.43 Å². The summed E-state index contributed by atoms with van der Waals surface area (Å²) in [6.07, 6.45) is 6.24. The monoisotopic (exact) mass is 512 g/mol. The van der Waals surface area contributed by atoms with Crippen LogP contribution >= 0.6 is 0 Å². The zero-order valence-corrected chi connectivity index (χ0v) is 21.0. The molecule has 6 N–H and O–H groups in total. The number of phenols is 1. The molecule has 0 saturated heterocycles. The number of allylic oxidation sites excluding steroid dienone is 3. The molecule has 0 fully saturated rings. The third-order valence-corrected chi connectivity index (χ3v) is 7.12. The van der Waals surface area contributed by atoms with E-state index in [0.29, 0.717) is 12.0 Å². The lowest BCUT2D eigenvalue weighted by atomic mass is 9.76. The predicted octanol–water partition coefficient (Wildman–Crippen LogP) is 1.89. The van der Waals surface area contributed by atoms with Gasteiger partial charge in [0.1, 0.15) is 46.5 Å². The quantitative estimate of drug-likeness (QED) is 0.273. The fourth-order valence-electron chi connectivity index (χ4n) is 4.67. The Balaban J connectivity index is 1.81. The van der Waals surface area contributed by atoms with E-state index < -0.39 is 35.6 Å². The number of rotatable bonds is 7. The van der Waals surface area contributed by atoms with E-state index >= 15 is 0 Å². The molecule has 0 aliphatic carbocycles. The second-order valence-electron chi connectivity index (χ2n) is 9.52. The molecule has 2 aromatic rings. The number of dihydropyridines is 1. The lowest BCUT2D eigenvalue weighted by molar-refractivity contribution is -0.166. The molecule has 0 spiro atoms. The molecule has 2 aliphatic rings. The molecule has 4 atom stereocenters. The third kappa shape index (κ3) is 5.00. The third-order valence-electron chi connectivity index (χ3n) is 7.12. The predicted molar refractivity (Wildman–Crippen MR) is 136 cm³/mol. The van der Waals surface area contributed by atoms with Gasteiger partial charge in [-0.1, -0.05) is 12.2 Å². The van der Waals surface area contributed by atoms with Crippen molar-refractivity contribution in [3.05, 3.63) is 69.3 Å². The lowest BCUT2D eigenvalue weighted by Crippen LogP contribution is -2.57. The fraction of sp³-hybridized carbons (Fsp3) is 0.407. The molecule has 10 heteroatoms. The summed E-state index contributed by atoms with van der Waals surface area (Å²) in [5.74, 6) is -1.16. The van der Waals surface area contributed by atoms with Crippen molar-refractivity contribution in [2.75, 3.05) is 6.61 Å². The largest absolute Gasteiger partial charge is 0.507 e. The number of carbonyl (C=O) groups is 1. The molecule has 0 saturated carbocycles. The molecule has 1 unspecified atom stereocenters. The number of ether oxygens (including phenoxy) is 2. The van der Waals surface area contributed by atoms with Gasteiger partial charge >= 0.3 is 5.97 Å². The van der Waals surface area contributed by atoms with Crippen molar-refractivity contribution in [2.24, 2.45) is 11.7 Å². The Morgan fingerprint density at radius 3 is 2.76 bits per heavy atom. The van der Waals surface area contributed by atoms with Gasteiger partial charge < -0.3 is 40.3 Å². The summed E-state index contributed by atoms with van der Waals surface area (Å²) < 4.78 is 17.9. The minimum atomic E-state index is -1.23. The minimum Gasteiger partial charge on any atom is -0.507 e. The molecule has 4 rings (SSSR count). The maximum atomic E-state index is 12.8. The second kappa shape index (κ2) is 10.4. The van der Waals surface area contributed by atoms with Crippen LogP contribution in [-0.4, -0.2) is 45.8 Å². The number of carbonyl (C=O) groups excluding carboxylic acids is 1. The number of benzene rings is 1. The number of hydrogen-bond acceptors (Lipinski definition) is 10. The van der Waals surface area contributed by atoms with E-state index in [1.807, 2.05) is 6.08 Å². The molecule has 2 aliphatic heterocycles. The Bertz CT molecular complexity index is 1360. The topological polar surface area (TPSA) is 164 Å². The zero-order valence-electron chi connectivity index (χ0n) is 21.0. The highest BCUT2D eigenvalue weighted by Crippen LogP contribution is 2.46. The zero-order chi connectivity index (χ0) is 26.9. The van der Waals surface area contributed by atoms with Gasteiger partial charge in [-0.05, 0) is 38.8 Å². The Morgan fingerprint density at radius 1 is 1.38 bits per heavy atom. The van der Waals surface area contributed by atoms with Gasteiger partial charge in [-0.3, -0.25) is 4.79 Å². The van der Waals surface area contributed by atoms with Crippen LogP contribution in [0.1, 0.15) is 38.5 Å². The molecule has 1 aromatic carbocycles. The Kier molecular flexibility index (Phi) is 7.44. The van der Waals surface area contributed by atoms with E-state index in [1.165, 1.54) is 6.07 Å². The number of aliphatic hydroxyl groups is 2. The van der Waals surface area contributed by atoms with Crippen molar-refractivity contribution < 1.29 is 34.0 Å². The summed E-state index contributed by atoms with van der Waals surface area (Å²) in [6, 6.07) is 2.59. The van der Waals surface area contributed by atoms with E-state index in [-0.39, 0.29) is 53.0 Å². The van der Waals surface area contributed by atoms with Crippen LogP contribution in [0.3, 0.4) is 0 Å². The van der Waals surface area contributed by atoms with Gasteiger partial charge in [0.25, 0.3) is 0 Å². The van der Waals surface area contributed by atoms with E-state index in [4.69, 9.17) is 19.6 Å². The van der Waals surface area contributed by atoms with E-state index in [2.05, 4.69) is 5.32 Å². The van der Waals surface area contributed by atoms with Crippen molar-refractivity contribution >= 4 is 16.9 Å². The number of aliphatic hydroxyl groups excluding tert-OH is 2. The second-order valence-corrected chi connectivity index (χ2v) is 9.52. The van der Waals surface area contributed by atoms with Gasteiger partial charge in [-0.2, -0.15) is 0 Å². The average molecular weight is 513 g/mol. The number of phenolic OH excluding ortho intramolecular Hbond substituents is 1. The summed E-state index contributed by atoms with van der Waals surface area (Å²) in [5, 5.41) is 33.9. The van der Waals surface area contributed by atoms with Crippen LogP contribution in [0.15, 0.2) is 56.9 Å². The van der Waals surface area contributed by atoms with Crippen LogP contribution in [0.5, 0.6) is 11.5 Å². The van der Waals surface area contributed by atoms with Gasteiger partial charge in [0.2, 0.25) is 0 Å². The summed E-state index contributed by atoms with van der Waals surface area (Å²) >= 11 is 0. The number of hydrogen-bond donors (Lipinski definition) is 5. The molecule has 10 nitrogen and oxygen atoms in total. The first-order valence-corrected chi connectivity index (χ1v) is 12.1. The van der Waals surface area contributed by atoms with Gasteiger partial charge in [0.05, 0.1) is 12.8 Å². The number of nitrogens with one attached hydrogen (secondary N) is 1. The first-order chi connectivity index (χ1) is 17.6. The van der Waals surface area contributed by atoms with Crippen LogP contribution in [0, 0.1) is 5.92 Å². The average Bonchev–Trinajstić information content (AvgIpc) is 2.88. The smallest absolute Gasteiger partial charge is 0.333 e. The Hall–Kier alpha value is -3.60. The highest BCUT2D eigenvalue weighted by molar-refractivity contribution is 5.88. The first-order valence-electron chi connectivity index (χ1n) is 12.1. The molecule has 3 heterocycles. The number of fused-ring (bicyclic) bond motifs is 2. The van der Waals surface area contributed by atoms with Crippen LogP contribution in [0.2, 0.25) is 0 Å². The van der Waals surface area contributed by atoms with Crippen LogP contribution in [0.25, 0.3) is 11.0 Å². The van der Waals surface area contributed by atoms with Crippen LogP contribution in [-0.2, 0) is 22.6 Å². The molecule has 37 heavy (non-hydrogen) atoms. The van der Waals surface area contributed by atoms with Crippen molar-refractivity contribution in [2.45, 2.75) is 58.1 Å². The number of esters is 1. The van der Waals surface area contributed by atoms with Crippen molar-refractivity contribution in [3.8, 4) is 11.5 Å². The highest BCUT2D eigenvalue weighted by Gasteiger charge is 2.50. The van der Waals surface area contributed by atoms with E-state index in [9.17, 15) is 24.9 Å². The Labute approximate surface area is 213 Å². The maximum Gasteiger partial charge on any atom is 0.333 e. The normalized spacial score (nSPS) is 24.1. The number of aromatic hydroxyl groups is 1. The van der Waals surface area contributed by atoms with E-state index in [1.54, 1.807) is 39.1 Å². The molecule has 0 bridgehead atoms. The highest BCUT2D eigenvalue weighted by atomic mass is 16.6. The van der Waals surface area contributed by atoms with Crippen molar-refractivity contribution in [1.29, 1.82) is 0 Å². The van der Waals surface area contributed by atoms with Crippen LogP contribution < -0.4 is 21.2 Å². The molecule has 0 radical (unpaired) electrons. The molecule has 1 aromatic heterocycles. The Morgan fingerprint density at radius 2 is 2.14 bits per heavy atom. The van der Waals surface area contributed by atoms with Crippen molar-refractivity contribution in [1.82, 2.24) is 5.32 Å². The van der Waals surface area contributed by atoms with Gasteiger partial charge in [-0.15, -0.1) is 0 Å². The van der Waals surface area contributed by atoms with Gasteiger partial charge in [-0.25, -0.2) is 4.79 Å². The summed E-state index contributed by atoms with van der Waals surface area (Å²) in [7, 11) is 0. The minimum absolute atomic E-state index is 0.0338. The van der Waals surface area contributed by atoms with Gasteiger partial charge in [0, 0.05) is 41.8 Å². The van der Waals surface area contributed by atoms with Crippen molar-refractivity contribution in [3.63, 3.8) is 0 Å². The SMILES string of the molecule is C/C=C(/C)C(=O)O[C@@H]1Cc2c(cc3oc(CO)cc(=O)c3c2O)O[C@@]1(C)[C@H](CO)CC1=CNC(N)C=C1. The molecular weight excluding hydrogens is 480 g/mol.